The SMILES string of the molecule is Cc1ccc(C#N)c(NCC(c2cccc(C(F)(F)F)c2)N(C)C)n1. The van der Waals surface area contributed by atoms with E-state index in [4.69, 9.17) is 5.26 Å². The minimum Gasteiger partial charge on any atom is -0.367 e. The van der Waals surface area contributed by atoms with Gasteiger partial charge in [0.25, 0.3) is 0 Å². The number of alkyl halides is 3. The molecule has 0 aliphatic heterocycles. The van der Waals surface area contributed by atoms with Crippen LogP contribution in [0.3, 0.4) is 0 Å². The molecule has 0 bridgehead atoms. The largest absolute Gasteiger partial charge is 0.416 e. The van der Waals surface area contributed by atoms with Crippen LogP contribution in [-0.2, 0) is 6.18 Å². The highest BCUT2D eigenvalue weighted by Crippen LogP contribution is 2.31. The van der Waals surface area contributed by atoms with Crippen molar-refractivity contribution in [1.29, 1.82) is 5.26 Å². The van der Waals surface area contributed by atoms with Gasteiger partial charge in [0.1, 0.15) is 11.9 Å². The molecule has 0 aliphatic carbocycles. The maximum atomic E-state index is 13.0. The van der Waals surface area contributed by atoms with E-state index in [0.717, 1.165) is 17.8 Å². The van der Waals surface area contributed by atoms with Crippen molar-refractivity contribution in [2.75, 3.05) is 26.0 Å². The second kappa shape index (κ2) is 7.53. The first kappa shape index (κ1) is 18.7. The summed E-state index contributed by atoms with van der Waals surface area (Å²) >= 11 is 0. The summed E-state index contributed by atoms with van der Waals surface area (Å²) in [5, 5.41) is 12.2. The van der Waals surface area contributed by atoms with Crippen molar-refractivity contribution in [3.8, 4) is 6.07 Å². The molecule has 0 saturated carbocycles. The fraction of sp³-hybridized carbons (Fsp3) is 0.333. The van der Waals surface area contributed by atoms with E-state index in [2.05, 4.69) is 16.4 Å². The maximum Gasteiger partial charge on any atom is 0.416 e. The lowest BCUT2D eigenvalue weighted by Crippen LogP contribution is -2.27. The molecular formula is C18H19F3N4. The van der Waals surface area contributed by atoms with Gasteiger partial charge in [0.15, 0.2) is 0 Å². The molecule has 0 aliphatic rings. The Morgan fingerprint density at radius 2 is 1.96 bits per heavy atom. The number of nitrogens with zero attached hydrogens (tertiary/aromatic N) is 3. The minimum atomic E-state index is -4.38. The summed E-state index contributed by atoms with van der Waals surface area (Å²) in [5.74, 6) is 0.432. The van der Waals surface area contributed by atoms with Crippen molar-refractivity contribution in [1.82, 2.24) is 9.88 Å². The van der Waals surface area contributed by atoms with E-state index in [9.17, 15) is 13.2 Å². The minimum absolute atomic E-state index is 0.309. The van der Waals surface area contributed by atoms with Gasteiger partial charge in [-0.25, -0.2) is 4.98 Å². The number of aromatic nitrogens is 1. The number of hydrogen-bond donors (Lipinski definition) is 1. The summed E-state index contributed by atoms with van der Waals surface area (Å²) in [7, 11) is 3.59. The van der Waals surface area contributed by atoms with Crippen LogP contribution >= 0.6 is 0 Å². The Balaban J connectivity index is 2.26. The van der Waals surface area contributed by atoms with Crippen LogP contribution in [0.5, 0.6) is 0 Å². The molecule has 1 atom stereocenters. The maximum absolute atomic E-state index is 13.0. The zero-order valence-electron chi connectivity index (χ0n) is 14.2. The van der Waals surface area contributed by atoms with Gasteiger partial charge in [0.2, 0.25) is 0 Å². The van der Waals surface area contributed by atoms with Crippen molar-refractivity contribution in [2.24, 2.45) is 0 Å². The second-order valence-corrected chi connectivity index (χ2v) is 5.94. The molecule has 132 valence electrons. The number of halogens is 3. The predicted molar refractivity (Wildman–Crippen MR) is 90.1 cm³/mol. The quantitative estimate of drug-likeness (QED) is 0.887. The van der Waals surface area contributed by atoms with E-state index in [1.165, 1.54) is 6.07 Å². The van der Waals surface area contributed by atoms with Gasteiger partial charge in [-0.15, -0.1) is 0 Å². The summed E-state index contributed by atoms with van der Waals surface area (Å²) in [6, 6.07) is 10.4. The lowest BCUT2D eigenvalue weighted by atomic mass is 10.0. The monoisotopic (exact) mass is 348 g/mol. The highest BCUT2D eigenvalue weighted by atomic mass is 19.4. The van der Waals surface area contributed by atoms with Crippen LogP contribution in [0.2, 0.25) is 0 Å². The number of benzene rings is 1. The third-order valence-electron chi connectivity index (χ3n) is 3.84. The molecule has 1 N–H and O–H groups in total. The van der Waals surface area contributed by atoms with Crippen LogP contribution in [-0.4, -0.2) is 30.5 Å². The van der Waals surface area contributed by atoms with Gasteiger partial charge in [-0.2, -0.15) is 18.4 Å². The van der Waals surface area contributed by atoms with Gasteiger partial charge in [-0.3, -0.25) is 0 Å². The van der Waals surface area contributed by atoms with Crippen molar-refractivity contribution in [2.45, 2.75) is 19.1 Å². The average Bonchev–Trinajstić information content (AvgIpc) is 2.54. The number of likely N-dealkylation sites (N-methyl/N-ethyl adjacent to an activating group) is 1. The first-order valence-corrected chi connectivity index (χ1v) is 7.67. The molecule has 0 amide bonds. The molecule has 0 saturated heterocycles. The fourth-order valence-electron chi connectivity index (χ4n) is 2.50. The van der Waals surface area contributed by atoms with E-state index >= 15 is 0 Å². The zero-order chi connectivity index (χ0) is 18.6. The Bertz CT molecular complexity index is 779. The Labute approximate surface area is 144 Å². The number of rotatable bonds is 5. The Kier molecular flexibility index (Phi) is 5.65. The van der Waals surface area contributed by atoms with Crippen LogP contribution in [0.1, 0.15) is 28.4 Å². The summed E-state index contributed by atoms with van der Waals surface area (Å²) in [6.07, 6.45) is -4.38. The van der Waals surface area contributed by atoms with Gasteiger partial charge >= 0.3 is 6.18 Å². The van der Waals surface area contributed by atoms with Gasteiger partial charge in [-0.05, 0) is 50.8 Å². The lowest BCUT2D eigenvalue weighted by Gasteiger charge is -2.26. The Morgan fingerprint density at radius 1 is 1.24 bits per heavy atom. The number of hydrogen-bond acceptors (Lipinski definition) is 4. The van der Waals surface area contributed by atoms with Gasteiger partial charge in [0.05, 0.1) is 17.2 Å². The number of pyridine rings is 1. The Hall–Kier alpha value is -2.59. The third kappa shape index (κ3) is 4.70. The summed E-state index contributed by atoms with van der Waals surface area (Å²) < 4.78 is 38.9. The predicted octanol–water partition coefficient (Wildman–Crippen LogP) is 4.00. The first-order valence-electron chi connectivity index (χ1n) is 7.67. The van der Waals surface area contributed by atoms with Crippen molar-refractivity contribution >= 4 is 5.82 Å². The van der Waals surface area contributed by atoms with Crippen LogP contribution in [0.15, 0.2) is 36.4 Å². The summed E-state index contributed by atoms with van der Waals surface area (Å²) in [5.41, 5.74) is 1.01. The normalized spacial score (nSPS) is 12.7. The van der Waals surface area contributed by atoms with E-state index in [0.29, 0.717) is 23.5 Å². The highest BCUT2D eigenvalue weighted by molar-refractivity contribution is 5.52. The van der Waals surface area contributed by atoms with E-state index < -0.39 is 11.7 Å². The van der Waals surface area contributed by atoms with E-state index in [-0.39, 0.29) is 6.04 Å². The molecule has 0 radical (unpaired) electrons. The molecule has 0 spiro atoms. The zero-order valence-corrected chi connectivity index (χ0v) is 14.2. The molecule has 2 rings (SSSR count). The summed E-state index contributed by atoms with van der Waals surface area (Å²) in [4.78, 5) is 6.12. The molecule has 2 aromatic rings. The molecule has 1 heterocycles. The average molecular weight is 348 g/mol. The van der Waals surface area contributed by atoms with Crippen molar-refractivity contribution in [3.63, 3.8) is 0 Å². The van der Waals surface area contributed by atoms with Crippen LogP contribution < -0.4 is 5.32 Å². The number of nitrogens with one attached hydrogen (secondary N) is 1. The lowest BCUT2D eigenvalue weighted by molar-refractivity contribution is -0.137. The standard InChI is InChI=1S/C18H19F3N4/c1-12-7-8-14(10-22)17(24-12)23-11-16(25(2)3)13-5-4-6-15(9-13)18(19,20)21/h4-9,16H,11H2,1-3H3,(H,23,24). The van der Waals surface area contributed by atoms with Crippen LogP contribution in [0, 0.1) is 18.3 Å². The molecule has 1 aromatic heterocycles. The Morgan fingerprint density at radius 3 is 2.56 bits per heavy atom. The van der Waals surface area contributed by atoms with Crippen molar-refractivity contribution in [3.05, 3.63) is 58.8 Å². The molecular weight excluding hydrogens is 329 g/mol. The third-order valence-corrected chi connectivity index (χ3v) is 3.84. The fourth-order valence-corrected chi connectivity index (χ4v) is 2.50. The molecule has 1 unspecified atom stereocenters. The van der Waals surface area contributed by atoms with Crippen molar-refractivity contribution < 1.29 is 13.2 Å². The van der Waals surface area contributed by atoms with E-state index in [1.807, 2.05) is 11.8 Å². The van der Waals surface area contributed by atoms with Crippen LogP contribution in [0.25, 0.3) is 0 Å². The molecule has 25 heavy (non-hydrogen) atoms. The van der Waals surface area contributed by atoms with Gasteiger partial charge < -0.3 is 10.2 Å². The summed E-state index contributed by atoms with van der Waals surface area (Å²) in [6.45, 7) is 2.13. The van der Waals surface area contributed by atoms with Crippen LogP contribution in [0.4, 0.5) is 19.0 Å². The smallest absolute Gasteiger partial charge is 0.367 e. The number of nitriles is 1. The molecule has 1 aromatic carbocycles. The van der Waals surface area contributed by atoms with E-state index in [1.54, 1.807) is 32.3 Å². The molecule has 4 nitrogen and oxygen atoms in total. The molecule has 7 heteroatoms. The number of anilines is 1. The number of aryl methyl sites for hydroxylation is 1. The molecule has 0 fully saturated rings. The second-order valence-electron chi connectivity index (χ2n) is 5.94. The van der Waals surface area contributed by atoms with Gasteiger partial charge in [0, 0.05) is 12.2 Å². The highest BCUT2D eigenvalue weighted by Gasteiger charge is 2.31. The first-order chi connectivity index (χ1) is 11.7. The topological polar surface area (TPSA) is 52.0 Å². The van der Waals surface area contributed by atoms with Gasteiger partial charge in [-0.1, -0.05) is 12.1 Å².